The van der Waals surface area contributed by atoms with Crippen LogP contribution in [0.3, 0.4) is 0 Å². The van der Waals surface area contributed by atoms with Crippen molar-refractivity contribution in [1.29, 1.82) is 0 Å². The van der Waals surface area contributed by atoms with Crippen LogP contribution in [-0.4, -0.2) is 16.9 Å². The third-order valence-electron chi connectivity index (χ3n) is 3.59. The molecular formula is C13H17N3S. The first-order valence-corrected chi connectivity index (χ1v) is 7.08. The Morgan fingerprint density at radius 3 is 2.94 bits per heavy atom. The minimum atomic E-state index is 0.634. The van der Waals surface area contributed by atoms with Gasteiger partial charge in [-0.1, -0.05) is 19.3 Å². The highest BCUT2D eigenvalue weighted by atomic mass is 32.2. The van der Waals surface area contributed by atoms with Crippen LogP contribution in [0.4, 0.5) is 5.69 Å². The standard InChI is InChI=1S/C13H17N3S/c1-10-15-17-13-9-14-8-7-12(13)16(10)11-5-3-2-4-6-11/h7-9,11H,2-6H2,1H3. The van der Waals surface area contributed by atoms with Crippen LogP contribution >= 0.6 is 11.9 Å². The van der Waals surface area contributed by atoms with Crippen molar-refractivity contribution >= 4 is 23.5 Å². The Bertz CT molecular complexity index is 438. The molecule has 3 rings (SSSR count). The van der Waals surface area contributed by atoms with E-state index in [0.29, 0.717) is 6.04 Å². The summed E-state index contributed by atoms with van der Waals surface area (Å²) in [6, 6.07) is 2.75. The van der Waals surface area contributed by atoms with Crippen LogP contribution in [0.1, 0.15) is 39.0 Å². The lowest BCUT2D eigenvalue weighted by Gasteiger charge is -2.38. The number of aromatic nitrogens is 1. The lowest BCUT2D eigenvalue weighted by Crippen LogP contribution is -2.41. The molecular weight excluding hydrogens is 230 g/mol. The van der Waals surface area contributed by atoms with Crippen LogP contribution in [0.5, 0.6) is 0 Å². The summed E-state index contributed by atoms with van der Waals surface area (Å²) < 4.78 is 4.55. The number of nitrogens with zero attached hydrogens (tertiary/aromatic N) is 3. The molecule has 2 aliphatic rings. The molecule has 0 spiro atoms. The highest BCUT2D eigenvalue weighted by Gasteiger charge is 2.27. The molecule has 2 heterocycles. The minimum absolute atomic E-state index is 0.634. The molecule has 1 aliphatic carbocycles. The molecule has 1 fully saturated rings. The summed E-state index contributed by atoms with van der Waals surface area (Å²) in [5.74, 6) is 1.14. The summed E-state index contributed by atoms with van der Waals surface area (Å²) in [5.41, 5.74) is 1.30. The lowest BCUT2D eigenvalue weighted by molar-refractivity contribution is 0.439. The van der Waals surface area contributed by atoms with Crippen LogP contribution in [0, 0.1) is 0 Å². The fourth-order valence-electron chi connectivity index (χ4n) is 2.78. The molecule has 3 nitrogen and oxygen atoms in total. The first kappa shape index (κ1) is 11.1. The second-order valence-electron chi connectivity index (χ2n) is 4.74. The van der Waals surface area contributed by atoms with E-state index in [9.17, 15) is 0 Å². The summed E-state index contributed by atoms with van der Waals surface area (Å²) >= 11 is 1.55. The van der Waals surface area contributed by atoms with Crippen LogP contribution in [0.25, 0.3) is 0 Å². The molecule has 1 aromatic heterocycles. The van der Waals surface area contributed by atoms with E-state index in [1.165, 1.54) is 42.7 Å². The van der Waals surface area contributed by atoms with Gasteiger partial charge in [-0.3, -0.25) is 4.98 Å². The maximum absolute atomic E-state index is 4.55. The molecule has 4 heteroatoms. The predicted octanol–water partition coefficient (Wildman–Crippen LogP) is 3.66. The van der Waals surface area contributed by atoms with E-state index in [0.717, 1.165) is 5.84 Å². The van der Waals surface area contributed by atoms with Gasteiger partial charge < -0.3 is 4.90 Å². The molecule has 17 heavy (non-hydrogen) atoms. The zero-order chi connectivity index (χ0) is 11.7. The lowest BCUT2D eigenvalue weighted by atomic mass is 9.93. The van der Waals surface area contributed by atoms with Gasteiger partial charge in [0, 0.05) is 30.4 Å². The normalized spacial score (nSPS) is 21.0. The van der Waals surface area contributed by atoms with Crippen molar-refractivity contribution in [3.63, 3.8) is 0 Å². The molecule has 1 aromatic rings. The third-order valence-corrected chi connectivity index (χ3v) is 4.45. The monoisotopic (exact) mass is 247 g/mol. The third kappa shape index (κ3) is 2.06. The first-order valence-electron chi connectivity index (χ1n) is 6.31. The van der Waals surface area contributed by atoms with Crippen LogP contribution in [-0.2, 0) is 0 Å². The van der Waals surface area contributed by atoms with Gasteiger partial charge in [0.05, 0.1) is 10.6 Å². The summed E-state index contributed by atoms with van der Waals surface area (Å²) in [7, 11) is 0. The summed E-state index contributed by atoms with van der Waals surface area (Å²) in [4.78, 5) is 7.79. The van der Waals surface area contributed by atoms with Gasteiger partial charge in [-0.05, 0) is 25.8 Å². The van der Waals surface area contributed by atoms with Crippen molar-refractivity contribution in [2.24, 2.45) is 4.40 Å². The van der Waals surface area contributed by atoms with Gasteiger partial charge in [0.25, 0.3) is 0 Å². The van der Waals surface area contributed by atoms with Gasteiger partial charge >= 0.3 is 0 Å². The molecule has 1 saturated carbocycles. The smallest absolute Gasteiger partial charge is 0.114 e. The second-order valence-corrected chi connectivity index (χ2v) is 5.54. The number of amidine groups is 1. The van der Waals surface area contributed by atoms with Gasteiger partial charge in [0.1, 0.15) is 5.84 Å². The average Bonchev–Trinajstić information content (AvgIpc) is 2.39. The molecule has 0 unspecified atom stereocenters. The first-order chi connectivity index (χ1) is 8.36. The zero-order valence-corrected chi connectivity index (χ0v) is 10.9. The van der Waals surface area contributed by atoms with Crippen molar-refractivity contribution in [1.82, 2.24) is 4.98 Å². The maximum atomic E-state index is 4.55. The molecule has 0 saturated heterocycles. The average molecular weight is 247 g/mol. The van der Waals surface area contributed by atoms with Gasteiger partial charge in [-0.2, -0.15) is 4.40 Å². The Balaban J connectivity index is 1.95. The van der Waals surface area contributed by atoms with Crippen LogP contribution in [0.2, 0.25) is 0 Å². The zero-order valence-electron chi connectivity index (χ0n) is 10.1. The van der Waals surface area contributed by atoms with Crippen molar-refractivity contribution in [3.05, 3.63) is 18.5 Å². The van der Waals surface area contributed by atoms with Crippen LogP contribution in [0.15, 0.2) is 27.8 Å². The Kier molecular flexibility index (Phi) is 3.05. The SMILES string of the molecule is CC1=NSc2cnccc2N1C1CCCCC1. The summed E-state index contributed by atoms with van der Waals surface area (Å²) in [5, 5.41) is 0. The Labute approximate surface area is 106 Å². The highest BCUT2D eigenvalue weighted by molar-refractivity contribution is 7.98. The van der Waals surface area contributed by atoms with E-state index < -0.39 is 0 Å². The van der Waals surface area contributed by atoms with E-state index in [1.54, 1.807) is 11.9 Å². The number of fused-ring (bicyclic) bond motifs is 1. The largest absolute Gasteiger partial charge is 0.325 e. The minimum Gasteiger partial charge on any atom is -0.325 e. The van der Waals surface area contributed by atoms with Gasteiger partial charge in [-0.15, -0.1) is 0 Å². The van der Waals surface area contributed by atoms with Crippen molar-refractivity contribution in [2.45, 2.75) is 50.0 Å². The number of pyridine rings is 1. The van der Waals surface area contributed by atoms with Gasteiger partial charge in [0.15, 0.2) is 0 Å². The van der Waals surface area contributed by atoms with Crippen molar-refractivity contribution in [3.8, 4) is 0 Å². The van der Waals surface area contributed by atoms with Gasteiger partial charge in [-0.25, -0.2) is 0 Å². The highest BCUT2D eigenvalue weighted by Crippen LogP contribution is 2.38. The number of rotatable bonds is 1. The second kappa shape index (κ2) is 4.69. The quantitative estimate of drug-likeness (QED) is 0.709. The van der Waals surface area contributed by atoms with Crippen molar-refractivity contribution in [2.75, 3.05) is 4.90 Å². The molecule has 0 bridgehead atoms. The van der Waals surface area contributed by atoms with E-state index in [-0.39, 0.29) is 0 Å². The fourth-order valence-corrected chi connectivity index (χ4v) is 3.46. The van der Waals surface area contributed by atoms with Crippen molar-refractivity contribution < 1.29 is 0 Å². The van der Waals surface area contributed by atoms with Crippen LogP contribution < -0.4 is 4.90 Å². The van der Waals surface area contributed by atoms with E-state index in [1.807, 2.05) is 12.4 Å². The molecule has 0 N–H and O–H groups in total. The summed E-state index contributed by atoms with van der Waals surface area (Å²) in [6.45, 7) is 2.12. The van der Waals surface area contributed by atoms with E-state index >= 15 is 0 Å². The molecule has 0 atom stereocenters. The predicted molar refractivity (Wildman–Crippen MR) is 72.6 cm³/mol. The fraction of sp³-hybridized carbons (Fsp3) is 0.538. The molecule has 1 aliphatic heterocycles. The Morgan fingerprint density at radius 1 is 1.29 bits per heavy atom. The maximum Gasteiger partial charge on any atom is 0.114 e. The number of hydrogen-bond donors (Lipinski definition) is 0. The molecule has 0 aromatic carbocycles. The Hall–Kier alpha value is -1.03. The van der Waals surface area contributed by atoms with Gasteiger partial charge in [0.2, 0.25) is 0 Å². The van der Waals surface area contributed by atoms with E-state index in [4.69, 9.17) is 0 Å². The molecule has 0 radical (unpaired) electrons. The number of hydrogen-bond acceptors (Lipinski definition) is 4. The number of anilines is 1. The summed E-state index contributed by atoms with van der Waals surface area (Å²) in [6.07, 6.45) is 10.5. The topological polar surface area (TPSA) is 28.5 Å². The Morgan fingerprint density at radius 2 is 2.12 bits per heavy atom. The molecule has 0 amide bonds. The van der Waals surface area contributed by atoms with E-state index in [2.05, 4.69) is 27.3 Å². The molecule has 90 valence electrons.